The first-order valence-corrected chi connectivity index (χ1v) is 4.64. The molecule has 72 valence electrons. The van der Waals surface area contributed by atoms with Crippen molar-refractivity contribution in [2.75, 3.05) is 13.1 Å². The van der Waals surface area contributed by atoms with E-state index in [1.807, 2.05) is 0 Å². The number of rotatable bonds is 1. The fraction of sp³-hybridized carbons (Fsp3) is 0.556. The zero-order valence-electron chi connectivity index (χ0n) is 7.72. The molecule has 2 heterocycles. The Morgan fingerprint density at radius 1 is 1.43 bits per heavy atom. The Hall–Kier alpha value is -1.54. The Bertz CT molecular complexity index is 331. The summed E-state index contributed by atoms with van der Waals surface area (Å²) in [6, 6.07) is 2.31. The van der Waals surface area contributed by atoms with Crippen LogP contribution in [0.15, 0.2) is 12.7 Å². The fourth-order valence-corrected chi connectivity index (χ4v) is 1.72. The van der Waals surface area contributed by atoms with E-state index in [1.165, 1.54) is 12.7 Å². The highest BCUT2D eigenvalue weighted by atomic mass is 15.0. The molecule has 0 bridgehead atoms. The van der Waals surface area contributed by atoms with E-state index in [0.717, 1.165) is 25.3 Å². The number of nitrogens with zero attached hydrogens (tertiary/aromatic N) is 4. The number of piperidine rings is 1. The van der Waals surface area contributed by atoms with E-state index in [4.69, 9.17) is 5.26 Å². The van der Waals surface area contributed by atoms with Gasteiger partial charge in [-0.05, 0) is 13.0 Å². The smallest absolute Gasteiger partial charge is 0.137 e. The van der Waals surface area contributed by atoms with Crippen LogP contribution in [0.1, 0.15) is 18.2 Å². The third kappa shape index (κ3) is 1.70. The molecule has 2 unspecified atom stereocenters. The molecule has 1 saturated heterocycles. The number of hydrogen-bond acceptors (Lipinski definition) is 5. The van der Waals surface area contributed by atoms with Crippen molar-refractivity contribution >= 4 is 0 Å². The maximum absolute atomic E-state index is 8.97. The highest BCUT2D eigenvalue weighted by Crippen LogP contribution is 2.25. The molecule has 5 heteroatoms. The molecule has 1 N–H and O–H groups in total. The third-order valence-electron chi connectivity index (χ3n) is 2.49. The van der Waals surface area contributed by atoms with Crippen LogP contribution in [0.4, 0.5) is 0 Å². The molecule has 1 aliphatic rings. The minimum atomic E-state index is 0.0265. The van der Waals surface area contributed by atoms with Crippen molar-refractivity contribution < 1.29 is 0 Å². The van der Waals surface area contributed by atoms with Crippen LogP contribution in [-0.4, -0.2) is 28.0 Å². The van der Waals surface area contributed by atoms with Crippen LogP contribution in [-0.2, 0) is 0 Å². The maximum Gasteiger partial charge on any atom is 0.137 e. The van der Waals surface area contributed by atoms with Gasteiger partial charge in [0.05, 0.1) is 12.0 Å². The van der Waals surface area contributed by atoms with Crippen molar-refractivity contribution in [3.05, 3.63) is 18.5 Å². The van der Waals surface area contributed by atoms with Gasteiger partial charge in [0.25, 0.3) is 0 Å². The third-order valence-corrected chi connectivity index (χ3v) is 2.49. The van der Waals surface area contributed by atoms with Crippen LogP contribution >= 0.6 is 0 Å². The van der Waals surface area contributed by atoms with Crippen molar-refractivity contribution in [1.82, 2.24) is 20.3 Å². The quantitative estimate of drug-likeness (QED) is 0.677. The van der Waals surface area contributed by atoms with Crippen molar-refractivity contribution in [2.24, 2.45) is 5.92 Å². The number of nitriles is 1. The van der Waals surface area contributed by atoms with Crippen LogP contribution in [0.25, 0.3) is 0 Å². The molecule has 0 spiro atoms. The van der Waals surface area contributed by atoms with Gasteiger partial charge >= 0.3 is 0 Å². The van der Waals surface area contributed by atoms with Gasteiger partial charge in [-0.2, -0.15) is 5.26 Å². The molecule has 1 aromatic heterocycles. The monoisotopic (exact) mass is 189 g/mol. The van der Waals surface area contributed by atoms with Gasteiger partial charge in [-0.1, -0.05) is 0 Å². The number of aromatic nitrogens is 3. The van der Waals surface area contributed by atoms with Crippen molar-refractivity contribution in [1.29, 1.82) is 5.26 Å². The van der Waals surface area contributed by atoms with Crippen molar-refractivity contribution in [2.45, 2.75) is 12.3 Å². The molecule has 1 aromatic rings. The first kappa shape index (κ1) is 9.03. The lowest BCUT2D eigenvalue weighted by Crippen LogP contribution is -2.35. The first-order chi connectivity index (χ1) is 6.92. The average molecular weight is 189 g/mol. The SMILES string of the molecule is N#CC1CCNCC1c1ncncn1. The second-order valence-electron chi connectivity index (χ2n) is 3.33. The molecular weight excluding hydrogens is 178 g/mol. The minimum Gasteiger partial charge on any atom is -0.316 e. The Balaban J connectivity index is 2.20. The lowest BCUT2D eigenvalue weighted by molar-refractivity contribution is 0.374. The molecule has 2 atom stereocenters. The molecule has 14 heavy (non-hydrogen) atoms. The molecule has 0 aliphatic carbocycles. The number of nitrogens with one attached hydrogen (secondary N) is 1. The molecule has 5 nitrogen and oxygen atoms in total. The average Bonchev–Trinajstić information content (AvgIpc) is 2.30. The molecular formula is C9H11N5. The lowest BCUT2D eigenvalue weighted by Gasteiger charge is -2.25. The van der Waals surface area contributed by atoms with Crippen molar-refractivity contribution in [3.63, 3.8) is 0 Å². The predicted molar refractivity (Wildman–Crippen MR) is 49.2 cm³/mol. The highest BCUT2D eigenvalue weighted by Gasteiger charge is 2.28. The Labute approximate surface area is 82.2 Å². The largest absolute Gasteiger partial charge is 0.316 e. The van der Waals surface area contributed by atoms with Crippen LogP contribution < -0.4 is 5.32 Å². The van der Waals surface area contributed by atoms with Gasteiger partial charge in [-0.25, -0.2) is 15.0 Å². The molecule has 1 fully saturated rings. The molecule has 0 saturated carbocycles. The Kier molecular flexibility index (Phi) is 2.65. The van der Waals surface area contributed by atoms with E-state index >= 15 is 0 Å². The number of hydrogen-bond donors (Lipinski definition) is 1. The molecule has 0 aromatic carbocycles. The topological polar surface area (TPSA) is 74.5 Å². The van der Waals surface area contributed by atoms with Gasteiger partial charge < -0.3 is 5.32 Å². The summed E-state index contributed by atoms with van der Waals surface area (Å²) in [6.07, 6.45) is 3.82. The van der Waals surface area contributed by atoms with Crippen LogP contribution in [0, 0.1) is 17.2 Å². The summed E-state index contributed by atoms with van der Waals surface area (Å²) < 4.78 is 0. The molecule has 2 rings (SSSR count). The van der Waals surface area contributed by atoms with E-state index in [2.05, 4.69) is 26.3 Å². The van der Waals surface area contributed by atoms with E-state index < -0.39 is 0 Å². The summed E-state index contributed by atoms with van der Waals surface area (Å²) >= 11 is 0. The summed E-state index contributed by atoms with van der Waals surface area (Å²) in [5.41, 5.74) is 0. The van der Waals surface area contributed by atoms with Crippen LogP contribution in [0.3, 0.4) is 0 Å². The highest BCUT2D eigenvalue weighted by molar-refractivity contribution is 5.06. The lowest BCUT2D eigenvalue weighted by atomic mass is 9.87. The maximum atomic E-state index is 8.97. The zero-order chi connectivity index (χ0) is 9.80. The van der Waals surface area contributed by atoms with Crippen LogP contribution in [0.2, 0.25) is 0 Å². The van der Waals surface area contributed by atoms with Gasteiger partial charge in [-0.3, -0.25) is 0 Å². The Morgan fingerprint density at radius 2 is 2.21 bits per heavy atom. The van der Waals surface area contributed by atoms with E-state index in [1.54, 1.807) is 0 Å². The molecule has 0 amide bonds. The standard InChI is InChI=1S/C9H11N5/c10-3-7-1-2-11-4-8(7)9-13-5-12-6-14-9/h5-8,11H,1-2,4H2. The summed E-state index contributed by atoms with van der Waals surface area (Å²) in [6.45, 7) is 1.68. The second kappa shape index (κ2) is 4.11. The fourth-order valence-electron chi connectivity index (χ4n) is 1.72. The first-order valence-electron chi connectivity index (χ1n) is 4.64. The molecule has 1 aliphatic heterocycles. The van der Waals surface area contributed by atoms with Gasteiger partial charge in [-0.15, -0.1) is 0 Å². The predicted octanol–water partition coefficient (Wildman–Crippen LogP) is 0.0883. The van der Waals surface area contributed by atoms with Gasteiger partial charge in [0.15, 0.2) is 0 Å². The summed E-state index contributed by atoms with van der Waals surface area (Å²) in [7, 11) is 0. The van der Waals surface area contributed by atoms with Gasteiger partial charge in [0.2, 0.25) is 0 Å². The van der Waals surface area contributed by atoms with Crippen molar-refractivity contribution in [3.8, 4) is 6.07 Å². The van der Waals surface area contributed by atoms with E-state index in [0.29, 0.717) is 0 Å². The van der Waals surface area contributed by atoms with Gasteiger partial charge in [0.1, 0.15) is 18.5 Å². The van der Waals surface area contributed by atoms with E-state index in [9.17, 15) is 0 Å². The second-order valence-corrected chi connectivity index (χ2v) is 3.33. The molecule has 0 radical (unpaired) electrons. The van der Waals surface area contributed by atoms with Crippen LogP contribution in [0.5, 0.6) is 0 Å². The summed E-state index contributed by atoms with van der Waals surface area (Å²) in [4.78, 5) is 11.9. The summed E-state index contributed by atoms with van der Waals surface area (Å²) in [5.74, 6) is 0.856. The zero-order valence-corrected chi connectivity index (χ0v) is 7.72. The summed E-state index contributed by atoms with van der Waals surface area (Å²) in [5, 5.41) is 12.2. The normalized spacial score (nSPS) is 26.8. The van der Waals surface area contributed by atoms with E-state index in [-0.39, 0.29) is 11.8 Å². The minimum absolute atomic E-state index is 0.0265. The van der Waals surface area contributed by atoms with Gasteiger partial charge in [0, 0.05) is 12.5 Å². The Morgan fingerprint density at radius 3 is 2.93 bits per heavy atom.